The summed E-state index contributed by atoms with van der Waals surface area (Å²) < 4.78 is 5.31. The van der Waals surface area contributed by atoms with Gasteiger partial charge in [-0.1, -0.05) is 25.3 Å². The first kappa shape index (κ1) is 20.6. The molecule has 3 saturated carbocycles. The van der Waals surface area contributed by atoms with Crippen LogP contribution in [-0.4, -0.2) is 31.2 Å². The predicted octanol–water partition coefficient (Wildman–Crippen LogP) is 5.17. The van der Waals surface area contributed by atoms with Gasteiger partial charge in [0.25, 0.3) is 0 Å². The lowest BCUT2D eigenvalue weighted by Crippen LogP contribution is -2.50. The average molecular weight is 389 g/mol. The summed E-state index contributed by atoms with van der Waals surface area (Å²) in [5.74, 6) is 4.37. The van der Waals surface area contributed by atoms with E-state index in [4.69, 9.17) is 4.74 Å². The Hall–Kier alpha value is -0.670. The maximum absolute atomic E-state index is 12.1. The van der Waals surface area contributed by atoms with E-state index in [1.807, 2.05) is 13.2 Å². The number of allylic oxidation sites excluding steroid dienone is 1. The second-order valence-electron chi connectivity index (χ2n) is 10.3. The minimum atomic E-state index is 0.225. The van der Waals surface area contributed by atoms with Gasteiger partial charge in [0.1, 0.15) is 0 Å². The van der Waals surface area contributed by atoms with Crippen molar-refractivity contribution in [2.45, 2.75) is 77.6 Å². The molecule has 0 aromatic carbocycles. The van der Waals surface area contributed by atoms with Gasteiger partial charge in [-0.2, -0.15) is 0 Å². The number of ether oxygens (including phenoxy) is 1. The summed E-state index contributed by atoms with van der Waals surface area (Å²) in [4.78, 5) is 12.1. The molecule has 3 heteroatoms. The number of aliphatic hydroxyl groups is 1. The van der Waals surface area contributed by atoms with Crippen molar-refractivity contribution in [3.05, 3.63) is 11.6 Å². The molecule has 1 N–H and O–H groups in total. The first-order chi connectivity index (χ1) is 13.6. The zero-order chi connectivity index (χ0) is 19.7. The highest BCUT2D eigenvalue weighted by molar-refractivity contribution is 5.91. The third kappa shape index (κ3) is 3.74. The summed E-state index contributed by atoms with van der Waals surface area (Å²) in [5, 5.41) is 10.2. The first-order valence-electron chi connectivity index (χ1n) is 12.0. The maximum Gasteiger partial charge on any atom is 0.155 e. The Morgan fingerprint density at radius 1 is 1.18 bits per heavy atom. The molecule has 4 aliphatic rings. The molecule has 0 heterocycles. The standard InChI is InChI=1S/C25H40O3/c1-3-25(11-4-5-13-28-2)12-10-21-20-9-8-19(27)15-22(20)18(16-26)14-23(21)24(25)17-6-7-17/h15,17-18,20-21,23-24,26H,3-14,16H2,1-2H3/t18-,20?,21?,23?,24?,25?/m0/s1. The van der Waals surface area contributed by atoms with Crippen molar-refractivity contribution >= 4 is 5.78 Å². The molecule has 4 aliphatic carbocycles. The van der Waals surface area contributed by atoms with Crippen molar-refractivity contribution in [2.24, 2.45) is 40.9 Å². The summed E-state index contributed by atoms with van der Waals surface area (Å²) in [5.41, 5.74) is 1.82. The van der Waals surface area contributed by atoms with Crippen molar-refractivity contribution < 1.29 is 14.6 Å². The fraction of sp³-hybridized carbons (Fsp3) is 0.880. The van der Waals surface area contributed by atoms with E-state index in [1.165, 1.54) is 56.9 Å². The molecule has 0 bridgehead atoms. The van der Waals surface area contributed by atoms with Crippen LogP contribution in [0.25, 0.3) is 0 Å². The molecule has 0 amide bonds. The molecule has 3 nitrogen and oxygen atoms in total. The van der Waals surface area contributed by atoms with E-state index in [0.29, 0.717) is 17.1 Å². The van der Waals surface area contributed by atoms with Crippen LogP contribution in [0.15, 0.2) is 11.6 Å². The topological polar surface area (TPSA) is 46.5 Å². The van der Waals surface area contributed by atoms with Crippen LogP contribution in [-0.2, 0) is 9.53 Å². The zero-order valence-electron chi connectivity index (χ0n) is 18.0. The van der Waals surface area contributed by atoms with Crippen LogP contribution in [0.2, 0.25) is 0 Å². The highest BCUT2D eigenvalue weighted by Crippen LogP contribution is 2.65. The fourth-order valence-corrected chi connectivity index (χ4v) is 7.64. The zero-order valence-corrected chi connectivity index (χ0v) is 18.0. The van der Waals surface area contributed by atoms with Crippen LogP contribution in [0.5, 0.6) is 0 Å². The van der Waals surface area contributed by atoms with E-state index in [1.54, 1.807) is 0 Å². The Kier molecular flexibility index (Phi) is 6.32. The molecular weight excluding hydrogens is 348 g/mol. The molecule has 0 aliphatic heterocycles. The summed E-state index contributed by atoms with van der Waals surface area (Å²) in [7, 11) is 1.81. The van der Waals surface area contributed by atoms with E-state index < -0.39 is 0 Å². The van der Waals surface area contributed by atoms with Gasteiger partial charge in [0.15, 0.2) is 5.78 Å². The van der Waals surface area contributed by atoms with E-state index in [9.17, 15) is 9.90 Å². The Morgan fingerprint density at radius 2 is 2.00 bits per heavy atom. The number of hydrogen-bond acceptors (Lipinski definition) is 3. The lowest BCUT2D eigenvalue weighted by molar-refractivity contribution is -0.116. The average Bonchev–Trinajstić information content (AvgIpc) is 3.54. The number of methoxy groups -OCH3 is 1. The number of ketones is 1. The third-order valence-electron chi connectivity index (χ3n) is 9.02. The fourth-order valence-electron chi connectivity index (χ4n) is 7.64. The van der Waals surface area contributed by atoms with Crippen molar-refractivity contribution in [1.29, 1.82) is 0 Å². The first-order valence-corrected chi connectivity index (χ1v) is 12.0. The second-order valence-corrected chi connectivity index (χ2v) is 10.3. The largest absolute Gasteiger partial charge is 0.396 e. The third-order valence-corrected chi connectivity index (χ3v) is 9.02. The van der Waals surface area contributed by atoms with Crippen molar-refractivity contribution in [2.75, 3.05) is 20.3 Å². The number of hydrogen-bond donors (Lipinski definition) is 1. The van der Waals surface area contributed by atoms with Crippen LogP contribution >= 0.6 is 0 Å². The van der Waals surface area contributed by atoms with Gasteiger partial charge < -0.3 is 9.84 Å². The van der Waals surface area contributed by atoms with E-state index in [2.05, 4.69) is 6.92 Å². The van der Waals surface area contributed by atoms with Gasteiger partial charge in [-0.25, -0.2) is 0 Å². The van der Waals surface area contributed by atoms with Gasteiger partial charge in [-0.15, -0.1) is 0 Å². The normalized spacial score (nSPS) is 40.6. The van der Waals surface area contributed by atoms with E-state index in [-0.39, 0.29) is 12.5 Å². The molecule has 0 radical (unpaired) electrons. The van der Waals surface area contributed by atoms with Gasteiger partial charge in [-0.3, -0.25) is 4.79 Å². The van der Waals surface area contributed by atoms with Gasteiger partial charge >= 0.3 is 0 Å². The molecule has 0 aromatic rings. The number of unbranched alkanes of at least 4 members (excludes halogenated alkanes) is 1. The van der Waals surface area contributed by atoms with Gasteiger partial charge in [0.05, 0.1) is 0 Å². The van der Waals surface area contributed by atoms with Crippen molar-refractivity contribution in [1.82, 2.24) is 0 Å². The smallest absolute Gasteiger partial charge is 0.155 e. The van der Waals surface area contributed by atoms with Crippen LogP contribution in [0.4, 0.5) is 0 Å². The van der Waals surface area contributed by atoms with Crippen molar-refractivity contribution in [3.8, 4) is 0 Å². The highest BCUT2D eigenvalue weighted by atomic mass is 16.5. The van der Waals surface area contributed by atoms with Gasteiger partial charge in [-0.05, 0) is 92.4 Å². The molecule has 0 saturated heterocycles. The number of aliphatic hydroxyl groups excluding tert-OH is 1. The molecule has 0 aromatic heterocycles. The maximum atomic E-state index is 12.1. The second kappa shape index (κ2) is 8.60. The molecule has 6 atom stereocenters. The molecule has 4 rings (SSSR count). The lowest BCUT2D eigenvalue weighted by atomic mass is 9.47. The van der Waals surface area contributed by atoms with E-state index >= 15 is 0 Å². The van der Waals surface area contributed by atoms with E-state index in [0.717, 1.165) is 49.5 Å². The number of rotatable bonds is 8. The minimum absolute atomic E-state index is 0.225. The monoisotopic (exact) mass is 388 g/mol. The van der Waals surface area contributed by atoms with Crippen LogP contribution < -0.4 is 0 Å². The number of fused-ring (bicyclic) bond motifs is 3. The van der Waals surface area contributed by atoms with Crippen LogP contribution in [0.1, 0.15) is 77.6 Å². The molecular formula is C25H40O3. The molecule has 28 heavy (non-hydrogen) atoms. The Balaban J connectivity index is 1.59. The van der Waals surface area contributed by atoms with Crippen LogP contribution in [0.3, 0.4) is 0 Å². The molecule has 0 spiro atoms. The number of carbonyl (C=O) groups is 1. The number of carbonyl (C=O) groups excluding carboxylic acids is 1. The summed E-state index contributed by atoms with van der Waals surface area (Å²) in [6.45, 7) is 3.54. The predicted molar refractivity (Wildman–Crippen MR) is 112 cm³/mol. The molecule has 158 valence electrons. The van der Waals surface area contributed by atoms with Crippen LogP contribution in [0, 0.1) is 40.9 Å². The molecule has 3 fully saturated rings. The van der Waals surface area contributed by atoms with Crippen molar-refractivity contribution in [3.63, 3.8) is 0 Å². The molecule has 5 unspecified atom stereocenters. The minimum Gasteiger partial charge on any atom is -0.396 e. The quantitative estimate of drug-likeness (QED) is 0.584. The van der Waals surface area contributed by atoms with Gasteiger partial charge in [0, 0.05) is 32.7 Å². The summed E-state index contributed by atoms with van der Waals surface area (Å²) >= 11 is 0. The Morgan fingerprint density at radius 3 is 2.68 bits per heavy atom. The van der Waals surface area contributed by atoms with Gasteiger partial charge in [0.2, 0.25) is 0 Å². The SMILES string of the molecule is CCC1(CCCCOC)CCC2C3CCC(=O)C=C3[C@H](CO)CC2C1C1CC1. The summed E-state index contributed by atoms with van der Waals surface area (Å²) in [6, 6.07) is 0. The summed E-state index contributed by atoms with van der Waals surface area (Å²) in [6.07, 6.45) is 15.5. The Labute approximate surface area is 171 Å². The Bertz CT molecular complexity index is 593. The highest BCUT2D eigenvalue weighted by Gasteiger charge is 2.57. The lowest BCUT2D eigenvalue weighted by Gasteiger charge is -2.58.